The first-order valence-electron chi connectivity index (χ1n) is 9.47. The molecule has 0 aliphatic carbocycles. The van der Waals surface area contributed by atoms with Crippen LogP contribution in [-0.4, -0.2) is 39.1 Å². The maximum absolute atomic E-state index is 12.3. The second-order valence-electron chi connectivity index (χ2n) is 6.78. The molecule has 0 fully saturated rings. The van der Waals surface area contributed by atoms with Gasteiger partial charge in [0.2, 0.25) is 5.91 Å². The second-order valence-corrected chi connectivity index (χ2v) is 6.78. The van der Waals surface area contributed by atoms with Crippen molar-refractivity contribution in [1.29, 1.82) is 0 Å². The Morgan fingerprint density at radius 1 is 1.10 bits per heavy atom. The van der Waals surface area contributed by atoms with Gasteiger partial charge in [0.15, 0.2) is 5.75 Å². The predicted molar refractivity (Wildman–Crippen MR) is 110 cm³/mol. The largest absolute Gasteiger partial charge is 0.494 e. The van der Waals surface area contributed by atoms with Crippen LogP contribution in [0.1, 0.15) is 17.8 Å². The quantitative estimate of drug-likeness (QED) is 0.589. The summed E-state index contributed by atoms with van der Waals surface area (Å²) in [5.74, 6) is 0.111. The fourth-order valence-electron chi connectivity index (χ4n) is 3.09. The van der Waals surface area contributed by atoms with E-state index in [4.69, 9.17) is 4.74 Å². The molecule has 0 spiro atoms. The van der Waals surface area contributed by atoms with Gasteiger partial charge in [0.05, 0.1) is 12.8 Å². The first kappa shape index (κ1) is 20.3. The zero-order valence-corrected chi connectivity index (χ0v) is 16.9. The lowest BCUT2D eigenvalue weighted by Gasteiger charge is -2.11. The zero-order chi connectivity index (χ0) is 20.8. The molecular weight excluding hydrogens is 370 g/mol. The highest BCUT2D eigenvalue weighted by Gasteiger charge is 2.13. The number of nitrogens with one attached hydrogen (secondary N) is 1. The van der Waals surface area contributed by atoms with Crippen molar-refractivity contribution in [3.05, 3.63) is 64.2 Å². The van der Waals surface area contributed by atoms with Gasteiger partial charge in [0.25, 0.3) is 5.56 Å². The number of aryl methyl sites for hydroxylation is 3. The second kappa shape index (κ2) is 9.18. The van der Waals surface area contributed by atoms with Gasteiger partial charge >= 0.3 is 0 Å². The highest BCUT2D eigenvalue weighted by Crippen LogP contribution is 2.25. The summed E-state index contributed by atoms with van der Waals surface area (Å²) < 4.78 is 8.36. The first-order chi connectivity index (χ1) is 14.0. The van der Waals surface area contributed by atoms with Crippen LogP contribution in [0.2, 0.25) is 0 Å². The minimum atomic E-state index is -0.390. The van der Waals surface area contributed by atoms with Crippen LogP contribution in [0, 0.1) is 13.8 Å². The van der Waals surface area contributed by atoms with Crippen LogP contribution in [0.4, 0.5) is 0 Å². The lowest BCUT2D eigenvalue weighted by molar-refractivity contribution is -0.121. The third kappa shape index (κ3) is 5.10. The predicted octanol–water partition coefficient (Wildman–Crippen LogP) is 1.94. The van der Waals surface area contributed by atoms with Crippen molar-refractivity contribution in [3.8, 4) is 17.0 Å². The van der Waals surface area contributed by atoms with Crippen LogP contribution in [0.25, 0.3) is 11.3 Å². The van der Waals surface area contributed by atoms with E-state index in [1.165, 1.54) is 13.2 Å². The number of aromatic nitrogens is 4. The molecule has 152 valence electrons. The molecular formula is C21H25N5O3. The van der Waals surface area contributed by atoms with E-state index >= 15 is 0 Å². The van der Waals surface area contributed by atoms with Gasteiger partial charge in [0.1, 0.15) is 12.2 Å². The minimum Gasteiger partial charge on any atom is -0.494 e. The van der Waals surface area contributed by atoms with Crippen LogP contribution < -0.4 is 15.6 Å². The van der Waals surface area contributed by atoms with Gasteiger partial charge in [-0.15, -0.1) is 0 Å². The monoisotopic (exact) mass is 395 g/mol. The van der Waals surface area contributed by atoms with Gasteiger partial charge in [-0.05, 0) is 26.3 Å². The maximum atomic E-state index is 12.3. The van der Waals surface area contributed by atoms with Crippen molar-refractivity contribution < 1.29 is 9.53 Å². The average Bonchev–Trinajstić information content (AvgIpc) is 3.04. The molecule has 1 amide bonds. The van der Waals surface area contributed by atoms with Gasteiger partial charge in [0, 0.05) is 30.4 Å². The maximum Gasteiger partial charge on any atom is 0.270 e. The summed E-state index contributed by atoms with van der Waals surface area (Å²) in [6.45, 7) is 5.02. The summed E-state index contributed by atoms with van der Waals surface area (Å²) in [7, 11) is 1.49. The summed E-state index contributed by atoms with van der Waals surface area (Å²) in [6.07, 6.45) is 0.744. The molecule has 8 heteroatoms. The fraction of sp³-hybridized carbons (Fsp3) is 0.333. The summed E-state index contributed by atoms with van der Waals surface area (Å²) in [5.41, 5.74) is 3.01. The Balaban J connectivity index is 1.62. The lowest BCUT2D eigenvalue weighted by atomic mass is 10.1. The molecule has 1 N–H and O–H groups in total. The number of carbonyl (C=O) groups is 1. The smallest absolute Gasteiger partial charge is 0.270 e. The van der Waals surface area contributed by atoms with Crippen LogP contribution in [0.3, 0.4) is 0 Å². The van der Waals surface area contributed by atoms with Crippen LogP contribution >= 0.6 is 0 Å². The minimum absolute atomic E-state index is 0.150. The molecule has 3 rings (SSSR count). The first-order valence-corrected chi connectivity index (χ1v) is 9.47. The molecule has 0 saturated heterocycles. The number of benzene rings is 1. The number of methoxy groups -OCH3 is 1. The molecule has 29 heavy (non-hydrogen) atoms. The van der Waals surface area contributed by atoms with E-state index in [9.17, 15) is 9.59 Å². The highest BCUT2D eigenvalue weighted by atomic mass is 16.5. The van der Waals surface area contributed by atoms with Gasteiger partial charge in [-0.25, -0.2) is 4.68 Å². The van der Waals surface area contributed by atoms with Gasteiger partial charge < -0.3 is 10.1 Å². The van der Waals surface area contributed by atoms with E-state index in [-0.39, 0.29) is 18.0 Å². The Kier molecular flexibility index (Phi) is 6.43. The van der Waals surface area contributed by atoms with E-state index in [1.54, 1.807) is 0 Å². The third-order valence-electron chi connectivity index (χ3n) is 4.50. The fourth-order valence-corrected chi connectivity index (χ4v) is 3.09. The molecule has 0 unspecified atom stereocenters. The Morgan fingerprint density at radius 3 is 2.52 bits per heavy atom. The number of nitrogens with zero attached hydrogens (tertiary/aromatic N) is 4. The lowest BCUT2D eigenvalue weighted by Crippen LogP contribution is -2.34. The zero-order valence-electron chi connectivity index (χ0n) is 16.9. The summed E-state index contributed by atoms with van der Waals surface area (Å²) >= 11 is 0. The number of amides is 1. The Labute approximate surface area is 169 Å². The molecule has 0 aliphatic rings. The average molecular weight is 395 g/mol. The molecule has 1 aromatic carbocycles. The summed E-state index contributed by atoms with van der Waals surface area (Å²) in [6, 6.07) is 12.8. The molecule has 0 aliphatic heterocycles. The van der Waals surface area contributed by atoms with Crippen molar-refractivity contribution >= 4 is 5.91 Å². The molecule has 8 nitrogen and oxygen atoms in total. The molecule has 3 aromatic rings. The van der Waals surface area contributed by atoms with Crippen molar-refractivity contribution in [2.75, 3.05) is 13.7 Å². The van der Waals surface area contributed by atoms with E-state index in [2.05, 4.69) is 15.5 Å². The number of rotatable bonds is 8. The molecule has 0 saturated carbocycles. The van der Waals surface area contributed by atoms with Gasteiger partial charge in [-0.1, -0.05) is 30.3 Å². The number of ether oxygens (including phenoxy) is 1. The topological polar surface area (TPSA) is 91.0 Å². The van der Waals surface area contributed by atoms with Gasteiger partial charge in [-0.3, -0.25) is 14.3 Å². The van der Waals surface area contributed by atoms with E-state index in [0.29, 0.717) is 18.0 Å². The molecule has 0 radical (unpaired) electrons. The number of carbonyl (C=O) groups excluding carboxylic acids is 1. The van der Waals surface area contributed by atoms with Crippen molar-refractivity contribution in [2.45, 2.75) is 33.4 Å². The molecule has 0 bridgehead atoms. The summed E-state index contributed by atoms with van der Waals surface area (Å²) in [5, 5.41) is 11.6. The SMILES string of the molecule is COc1cc(=O)n(CC(=O)NCCCn2nc(C)cc2C)nc1-c1ccccc1. The van der Waals surface area contributed by atoms with Crippen molar-refractivity contribution in [3.63, 3.8) is 0 Å². The Hall–Kier alpha value is -3.42. The Morgan fingerprint density at radius 2 is 1.86 bits per heavy atom. The number of hydrogen-bond donors (Lipinski definition) is 1. The van der Waals surface area contributed by atoms with Crippen molar-refractivity contribution in [1.82, 2.24) is 24.9 Å². The van der Waals surface area contributed by atoms with E-state index < -0.39 is 0 Å². The highest BCUT2D eigenvalue weighted by molar-refractivity contribution is 5.75. The van der Waals surface area contributed by atoms with E-state index in [0.717, 1.165) is 34.6 Å². The molecule has 0 atom stereocenters. The van der Waals surface area contributed by atoms with Crippen LogP contribution in [-0.2, 0) is 17.9 Å². The van der Waals surface area contributed by atoms with E-state index in [1.807, 2.05) is 54.9 Å². The number of hydrogen-bond acceptors (Lipinski definition) is 5. The van der Waals surface area contributed by atoms with Crippen LogP contribution in [0.15, 0.2) is 47.3 Å². The van der Waals surface area contributed by atoms with Crippen LogP contribution in [0.5, 0.6) is 5.75 Å². The standard InChI is InChI=1S/C21H25N5O3/c1-15-12-16(2)25(23-15)11-7-10-22-19(27)14-26-20(28)13-18(29-3)21(24-26)17-8-5-4-6-9-17/h4-6,8-9,12-13H,7,10-11,14H2,1-3H3,(H,22,27). The van der Waals surface area contributed by atoms with Crippen molar-refractivity contribution in [2.24, 2.45) is 0 Å². The molecule has 2 aromatic heterocycles. The third-order valence-corrected chi connectivity index (χ3v) is 4.50. The Bertz CT molecular complexity index is 1040. The normalized spacial score (nSPS) is 10.7. The van der Waals surface area contributed by atoms with Gasteiger partial charge in [-0.2, -0.15) is 10.2 Å². The summed E-state index contributed by atoms with van der Waals surface area (Å²) in [4.78, 5) is 24.6. The molecule has 2 heterocycles.